The Bertz CT molecular complexity index is 277. The van der Waals surface area contributed by atoms with E-state index in [4.69, 9.17) is 10.3 Å². The van der Waals surface area contributed by atoms with Crippen molar-refractivity contribution >= 4 is 11.7 Å². The standard InChI is InChI=1S/C7H11NO6/c9-4-2-7(13,6(11)12)1-3(8-14)5(4)10/h4-5,9-10,13-14H,1-2H2,(H,11,12)/b8-3+/t4-,5-,7+/m1/s1. The lowest BCUT2D eigenvalue weighted by Crippen LogP contribution is -2.54. The van der Waals surface area contributed by atoms with Gasteiger partial charge in [0.25, 0.3) is 0 Å². The summed E-state index contributed by atoms with van der Waals surface area (Å²) < 4.78 is 0. The number of carboxylic acids is 1. The van der Waals surface area contributed by atoms with E-state index in [2.05, 4.69) is 5.16 Å². The quantitative estimate of drug-likeness (QED) is 0.252. The number of aliphatic carboxylic acids is 1. The van der Waals surface area contributed by atoms with Crippen molar-refractivity contribution in [1.29, 1.82) is 0 Å². The summed E-state index contributed by atoms with van der Waals surface area (Å²) in [5.41, 5.74) is -2.52. The summed E-state index contributed by atoms with van der Waals surface area (Å²) in [6.45, 7) is 0. The fourth-order valence-electron chi connectivity index (χ4n) is 1.41. The molecule has 80 valence electrons. The number of carboxylic acid groups (broad SMARTS) is 1. The summed E-state index contributed by atoms with van der Waals surface area (Å²) in [4.78, 5) is 10.6. The minimum Gasteiger partial charge on any atom is -0.479 e. The van der Waals surface area contributed by atoms with E-state index in [1.165, 1.54) is 0 Å². The summed E-state index contributed by atoms with van der Waals surface area (Å²) >= 11 is 0. The van der Waals surface area contributed by atoms with Gasteiger partial charge in [-0.2, -0.15) is 0 Å². The van der Waals surface area contributed by atoms with Gasteiger partial charge in [0.1, 0.15) is 6.10 Å². The van der Waals surface area contributed by atoms with Crippen LogP contribution in [-0.4, -0.2) is 55.1 Å². The molecule has 0 aliphatic heterocycles. The van der Waals surface area contributed by atoms with E-state index in [0.29, 0.717) is 0 Å². The van der Waals surface area contributed by atoms with Crippen molar-refractivity contribution in [3.63, 3.8) is 0 Å². The predicted octanol–water partition coefficient (Wildman–Crippen LogP) is -1.85. The van der Waals surface area contributed by atoms with Crippen LogP contribution in [0.25, 0.3) is 0 Å². The molecule has 0 unspecified atom stereocenters. The van der Waals surface area contributed by atoms with Crippen LogP contribution < -0.4 is 0 Å². The van der Waals surface area contributed by atoms with Crippen LogP contribution in [0.5, 0.6) is 0 Å². The highest BCUT2D eigenvalue weighted by Crippen LogP contribution is 2.27. The first-order valence-electron chi connectivity index (χ1n) is 3.93. The molecule has 0 heterocycles. The second kappa shape index (κ2) is 3.52. The monoisotopic (exact) mass is 205 g/mol. The minimum atomic E-state index is -2.18. The lowest BCUT2D eigenvalue weighted by atomic mass is 9.80. The highest BCUT2D eigenvalue weighted by Gasteiger charge is 2.47. The van der Waals surface area contributed by atoms with Gasteiger partial charge in [-0.05, 0) is 0 Å². The smallest absolute Gasteiger partial charge is 0.336 e. The second-order valence-electron chi connectivity index (χ2n) is 3.32. The van der Waals surface area contributed by atoms with Crippen LogP contribution in [0.4, 0.5) is 0 Å². The Hall–Kier alpha value is -1.18. The Balaban J connectivity index is 2.93. The van der Waals surface area contributed by atoms with Crippen molar-refractivity contribution in [2.75, 3.05) is 0 Å². The molecule has 14 heavy (non-hydrogen) atoms. The van der Waals surface area contributed by atoms with Gasteiger partial charge in [-0.3, -0.25) is 0 Å². The average molecular weight is 205 g/mol. The molecule has 5 N–H and O–H groups in total. The van der Waals surface area contributed by atoms with Crippen molar-refractivity contribution < 1.29 is 30.4 Å². The molecule has 0 radical (unpaired) electrons. The van der Waals surface area contributed by atoms with Crippen LogP contribution in [0.15, 0.2) is 5.16 Å². The molecule has 7 heteroatoms. The van der Waals surface area contributed by atoms with Crippen LogP contribution in [0.3, 0.4) is 0 Å². The number of oxime groups is 1. The zero-order chi connectivity index (χ0) is 10.9. The Kier molecular flexibility index (Phi) is 2.74. The Labute approximate surface area is 78.9 Å². The van der Waals surface area contributed by atoms with Gasteiger partial charge >= 0.3 is 5.97 Å². The molecule has 1 aliphatic rings. The maximum atomic E-state index is 10.6. The maximum absolute atomic E-state index is 10.6. The molecular weight excluding hydrogens is 194 g/mol. The summed E-state index contributed by atoms with van der Waals surface area (Å²) in [6, 6.07) is 0. The molecule has 3 atom stereocenters. The van der Waals surface area contributed by atoms with Gasteiger partial charge in [0, 0.05) is 12.8 Å². The fraction of sp³-hybridized carbons (Fsp3) is 0.714. The largest absolute Gasteiger partial charge is 0.479 e. The first-order valence-corrected chi connectivity index (χ1v) is 3.93. The molecule has 1 rings (SSSR count). The van der Waals surface area contributed by atoms with Crippen molar-refractivity contribution in [3.8, 4) is 0 Å². The normalized spacial score (nSPS) is 41.2. The number of hydrogen-bond donors (Lipinski definition) is 5. The van der Waals surface area contributed by atoms with E-state index in [1.807, 2.05) is 0 Å². The maximum Gasteiger partial charge on any atom is 0.336 e. The molecule has 1 fully saturated rings. The van der Waals surface area contributed by atoms with Gasteiger partial charge < -0.3 is 25.6 Å². The number of carbonyl (C=O) groups is 1. The van der Waals surface area contributed by atoms with E-state index in [9.17, 15) is 20.1 Å². The van der Waals surface area contributed by atoms with Gasteiger partial charge in [-0.25, -0.2) is 4.79 Å². The van der Waals surface area contributed by atoms with Gasteiger partial charge in [-0.15, -0.1) is 0 Å². The van der Waals surface area contributed by atoms with Crippen LogP contribution in [0, 0.1) is 0 Å². The number of rotatable bonds is 1. The molecule has 0 aromatic rings. The topological polar surface area (TPSA) is 131 Å². The second-order valence-corrected chi connectivity index (χ2v) is 3.32. The number of aliphatic hydroxyl groups is 3. The molecule has 0 amide bonds. The van der Waals surface area contributed by atoms with E-state index in [1.54, 1.807) is 0 Å². The van der Waals surface area contributed by atoms with Crippen LogP contribution in [-0.2, 0) is 4.79 Å². The Morgan fingerprint density at radius 2 is 2.07 bits per heavy atom. The molecule has 1 aliphatic carbocycles. The number of aliphatic hydroxyl groups excluding tert-OH is 2. The third-order valence-electron chi connectivity index (χ3n) is 2.25. The summed E-state index contributed by atoms with van der Waals surface area (Å²) in [5.74, 6) is -1.52. The van der Waals surface area contributed by atoms with Crippen molar-refractivity contribution in [1.82, 2.24) is 0 Å². The van der Waals surface area contributed by atoms with E-state index in [0.717, 1.165) is 0 Å². The molecule has 0 aromatic heterocycles. The van der Waals surface area contributed by atoms with E-state index < -0.39 is 36.6 Å². The van der Waals surface area contributed by atoms with Gasteiger partial charge in [0.15, 0.2) is 5.60 Å². The third kappa shape index (κ3) is 1.69. The minimum absolute atomic E-state index is 0.339. The van der Waals surface area contributed by atoms with E-state index in [-0.39, 0.29) is 5.71 Å². The number of nitrogens with zero attached hydrogens (tertiary/aromatic N) is 1. The molecular formula is C7H11NO6. The Morgan fingerprint density at radius 3 is 2.50 bits per heavy atom. The van der Waals surface area contributed by atoms with Crippen LogP contribution >= 0.6 is 0 Å². The van der Waals surface area contributed by atoms with Crippen molar-refractivity contribution in [3.05, 3.63) is 0 Å². The lowest BCUT2D eigenvalue weighted by Gasteiger charge is -2.34. The number of hydrogen-bond acceptors (Lipinski definition) is 6. The SMILES string of the molecule is O=C(O)[C@]1(O)C/C(=N\O)[C@@H](O)[C@H](O)C1. The van der Waals surface area contributed by atoms with Crippen LogP contribution in [0.1, 0.15) is 12.8 Å². The molecule has 1 saturated carbocycles. The summed E-state index contributed by atoms with van der Waals surface area (Å²) in [5, 5.41) is 47.6. The van der Waals surface area contributed by atoms with E-state index >= 15 is 0 Å². The van der Waals surface area contributed by atoms with Crippen LogP contribution in [0.2, 0.25) is 0 Å². The molecule has 0 bridgehead atoms. The third-order valence-corrected chi connectivity index (χ3v) is 2.25. The van der Waals surface area contributed by atoms with Gasteiger partial charge in [0.05, 0.1) is 11.8 Å². The molecule has 0 aromatic carbocycles. The molecule has 0 spiro atoms. The average Bonchev–Trinajstić information content (AvgIpc) is 2.11. The Morgan fingerprint density at radius 1 is 1.50 bits per heavy atom. The predicted molar refractivity (Wildman–Crippen MR) is 43.1 cm³/mol. The zero-order valence-corrected chi connectivity index (χ0v) is 7.16. The van der Waals surface area contributed by atoms with Gasteiger partial charge in [0.2, 0.25) is 0 Å². The molecule has 0 saturated heterocycles. The first kappa shape index (κ1) is 10.9. The highest BCUT2D eigenvalue weighted by atomic mass is 16.4. The van der Waals surface area contributed by atoms with Gasteiger partial charge in [-0.1, -0.05) is 5.16 Å². The zero-order valence-electron chi connectivity index (χ0n) is 7.16. The van der Waals surface area contributed by atoms with Crippen molar-refractivity contribution in [2.45, 2.75) is 30.7 Å². The lowest BCUT2D eigenvalue weighted by molar-refractivity contribution is -0.164. The molecule has 7 nitrogen and oxygen atoms in total. The highest BCUT2D eigenvalue weighted by molar-refractivity contribution is 5.95. The van der Waals surface area contributed by atoms with Crippen molar-refractivity contribution in [2.24, 2.45) is 5.16 Å². The fourth-order valence-corrected chi connectivity index (χ4v) is 1.41. The first-order chi connectivity index (χ1) is 6.40. The summed E-state index contributed by atoms with van der Waals surface area (Å²) in [6.07, 6.45) is -3.88. The summed E-state index contributed by atoms with van der Waals surface area (Å²) in [7, 11) is 0.